The van der Waals surface area contributed by atoms with E-state index in [9.17, 15) is 0 Å². The summed E-state index contributed by atoms with van der Waals surface area (Å²) in [5, 5.41) is 3.15. The van der Waals surface area contributed by atoms with E-state index in [1.54, 1.807) is 0 Å². The van der Waals surface area contributed by atoms with Crippen molar-refractivity contribution in [2.45, 2.75) is 19.8 Å². The fraction of sp³-hybridized carbons (Fsp3) is 0.429. The largest absolute Gasteiger partial charge is 0.363 e. The van der Waals surface area contributed by atoms with Gasteiger partial charge in [-0.1, -0.05) is 12.7 Å². The fourth-order valence-electron chi connectivity index (χ4n) is 0.855. The Labute approximate surface area is 50.1 Å². The van der Waals surface area contributed by atoms with Crippen LogP contribution in [-0.4, -0.2) is 0 Å². The first-order valence-electron chi connectivity index (χ1n) is 2.90. The van der Waals surface area contributed by atoms with Gasteiger partial charge in [-0.25, -0.2) is 0 Å². The van der Waals surface area contributed by atoms with Gasteiger partial charge in [0.2, 0.25) is 0 Å². The van der Waals surface area contributed by atoms with Crippen LogP contribution in [0.25, 0.3) is 0 Å². The van der Waals surface area contributed by atoms with Gasteiger partial charge in [-0.15, -0.1) is 0 Å². The average molecular weight is 109 g/mol. The molecule has 0 aromatic heterocycles. The third-order valence-electron chi connectivity index (χ3n) is 1.27. The minimum atomic E-state index is 1.09. The van der Waals surface area contributed by atoms with Crippen LogP contribution in [0.2, 0.25) is 0 Å². The normalized spacial score (nSPS) is 19.6. The van der Waals surface area contributed by atoms with E-state index in [-0.39, 0.29) is 0 Å². The van der Waals surface area contributed by atoms with Gasteiger partial charge >= 0.3 is 0 Å². The van der Waals surface area contributed by atoms with E-state index in [0.717, 1.165) is 18.5 Å². The molecule has 1 nitrogen and oxygen atoms in total. The van der Waals surface area contributed by atoms with Gasteiger partial charge < -0.3 is 5.32 Å². The van der Waals surface area contributed by atoms with Crippen molar-refractivity contribution in [1.29, 1.82) is 0 Å². The third-order valence-corrected chi connectivity index (χ3v) is 1.27. The first-order valence-corrected chi connectivity index (χ1v) is 2.90. The molecule has 0 radical (unpaired) electrons. The summed E-state index contributed by atoms with van der Waals surface area (Å²) in [6, 6.07) is 0. The number of rotatable bonds is 0. The highest BCUT2D eigenvalue weighted by Gasteiger charge is 1.98. The van der Waals surface area contributed by atoms with E-state index < -0.39 is 0 Å². The number of hydrogen-bond acceptors (Lipinski definition) is 1. The van der Waals surface area contributed by atoms with E-state index in [2.05, 4.69) is 24.9 Å². The molecule has 44 valence electrons. The number of nitrogens with one attached hydrogen (secondary N) is 1. The van der Waals surface area contributed by atoms with Crippen molar-refractivity contribution in [1.82, 2.24) is 5.32 Å². The Morgan fingerprint density at radius 3 is 2.88 bits per heavy atom. The lowest BCUT2D eigenvalue weighted by Crippen LogP contribution is -2.12. The zero-order chi connectivity index (χ0) is 5.98. The first kappa shape index (κ1) is 5.42. The summed E-state index contributed by atoms with van der Waals surface area (Å²) in [7, 11) is 0. The predicted octanol–water partition coefficient (Wildman–Crippen LogP) is 1.79. The van der Waals surface area contributed by atoms with Crippen molar-refractivity contribution in [2.24, 2.45) is 0 Å². The second kappa shape index (κ2) is 2.03. The van der Waals surface area contributed by atoms with Crippen molar-refractivity contribution >= 4 is 0 Å². The molecular weight excluding hydrogens is 98.1 g/mol. The maximum atomic E-state index is 3.81. The van der Waals surface area contributed by atoms with Crippen LogP contribution < -0.4 is 5.32 Å². The van der Waals surface area contributed by atoms with Crippen LogP contribution in [0.3, 0.4) is 0 Å². The Kier molecular flexibility index (Phi) is 1.38. The molecule has 0 amide bonds. The molecule has 0 aromatic carbocycles. The Hall–Kier alpha value is -0.720. The topological polar surface area (TPSA) is 12.0 Å². The summed E-state index contributed by atoms with van der Waals surface area (Å²) < 4.78 is 0. The van der Waals surface area contributed by atoms with Crippen LogP contribution in [0.15, 0.2) is 24.0 Å². The van der Waals surface area contributed by atoms with Gasteiger partial charge in [0.15, 0.2) is 0 Å². The van der Waals surface area contributed by atoms with Gasteiger partial charge in [0.1, 0.15) is 0 Å². The van der Waals surface area contributed by atoms with Crippen molar-refractivity contribution in [2.75, 3.05) is 0 Å². The summed E-state index contributed by atoms with van der Waals surface area (Å²) >= 11 is 0. The van der Waals surface area contributed by atoms with E-state index in [1.165, 1.54) is 5.70 Å². The molecule has 0 fully saturated rings. The Morgan fingerprint density at radius 1 is 1.75 bits per heavy atom. The lowest BCUT2D eigenvalue weighted by Gasteiger charge is -2.13. The number of hydrogen-bond donors (Lipinski definition) is 1. The van der Waals surface area contributed by atoms with Crippen LogP contribution >= 0.6 is 0 Å². The minimum Gasteiger partial charge on any atom is -0.363 e. The highest BCUT2D eigenvalue weighted by Crippen LogP contribution is 2.09. The highest BCUT2D eigenvalue weighted by atomic mass is 14.9. The smallest absolute Gasteiger partial charge is 0.00785 e. The van der Waals surface area contributed by atoms with Gasteiger partial charge in [0, 0.05) is 11.4 Å². The maximum absolute atomic E-state index is 3.81. The molecule has 8 heavy (non-hydrogen) atoms. The summed E-state index contributed by atoms with van der Waals surface area (Å²) in [4.78, 5) is 0. The highest BCUT2D eigenvalue weighted by molar-refractivity contribution is 5.11. The van der Waals surface area contributed by atoms with Gasteiger partial charge in [-0.3, -0.25) is 0 Å². The quantitative estimate of drug-likeness (QED) is 0.500. The lowest BCUT2D eigenvalue weighted by molar-refractivity contribution is 0.798. The standard InChI is InChI=1S/C7H11N/c1-6-4-3-5-7(2)8-6/h5,8H,1,3-4H2,2H3. The summed E-state index contributed by atoms with van der Waals surface area (Å²) in [6.45, 7) is 5.87. The summed E-state index contributed by atoms with van der Waals surface area (Å²) in [5.74, 6) is 0. The molecule has 0 saturated carbocycles. The SMILES string of the molecule is C=C1CCC=C(C)N1. The lowest BCUT2D eigenvalue weighted by atomic mass is 10.1. The molecule has 1 aliphatic rings. The van der Waals surface area contributed by atoms with Crippen molar-refractivity contribution in [3.8, 4) is 0 Å². The number of allylic oxidation sites excluding steroid dienone is 3. The second-order valence-electron chi connectivity index (χ2n) is 2.15. The zero-order valence-electron chi connectivity index (χ0n) is 5.20. The van der Waals surface area contributed by atoms with Gasteiger partial charge in [0.05, 0.1) is 0 Å². The molecule has 0 aliphatic carbocycles. The molecular formula is C7H11N. The first-order chi connectivity index (χ1) is 3.79. The van der Waals surface area contributed by atoms with Crippen molar-refractivity contribution in [3.63, 3.8) is 0 Å². The third kappa shape index (κ3) is 1.12. The molecule has 1 rings (SSSR count). The molecule has 1 heterocycles. The predicted molar refractivity (Wildman–Crippen MR) is 35.3 cm³/mol. The van der Waals surface area contributed by atoms with Crippen LogP contribution in [0.1, 0.15) is 19.8 Å². The van der Waals surface area contributed by atoms with Gasteiger partial charge in [-0.2, -0.15) is 0 Å². The molecule has 0 atom stereocenters. The minimum absolute atomic E-state index is 1.09. The molecule has 0 saturated heterocycles. The maximum Gasteiger partial charge on any atom is 0.00785 e. The molecule has 0 aromatic rings. The molecule has 1 aliphatic heterocycles. The fourth-order valence-corrected chi connectivity index (χ4v) is 0.855. The molecule has 0 bridgehead atoms. The van der Waals surface area contributed by atoms with E-state index in [1.807, 2.05) is 0 Å². The van der Waals surface area contributed by atoms with E-state index >= 15 is 0 Å². The Bertz CT molecular complexity index is 133. The van der Waals surface area contributed by atoms with Crippen molar-refractivity contribution in [3.05, 3.63) is 24.0 Å². The molecule has 0 spiro atoms. The van der Waals surface area contributed by atoms with Crippen LogP contribution in [0, 0.1) is 0 Å². The summed E-state index contributed by atoms with van der Waals surface area (Å²) in [5.41, 5.74) is 2.38. The van der Waals surface area contributed by atoms with Crippen LogP contribution in [-0.2, 0) is 0 Å². The summed E-state index contributed by atoms with van der Waals surface area (Å²) in [6.07, 6.45) is 4.43. The zero-order valence-corrected chi connectivity index (χ0v) is 5.20. The van der Waals surface area contributed by atoms with Crippen LogP contribution in [0.5, 0.6) is 0 Å². The monoisotopic (exact) mass is 109 g/mol. The van der Waals surface area contributed by atoms with Gasteiger partial charge in [-0.05, 0) is 19.8 Å². The second-order valence-corrected chi connectivity index (χ2v) is 2.15. The molecule has 0 unspecified atom stereocenters. The Balaban J connectivity index is 2.57. The molecule has 1 heteroatoms. The molecule has 1 N–H and O–H groups in total. The Morgan fingerprint density at radius 2 is 2.50 bits per heavy atom. The van der Waals surface area contributed by atoms with Crippen LogP contribution in [0.4, 0.5) is 0 Å². The van der Waals surface area contributed by atoms with Crippen molar-refractivity contribution < 1.29 is 0 Å². The van der Waals surface area contributed by atoms with E-state index in [0.29, 0.717) is 0 Å². The average Bonchev–Trinajstić information content (AvgIpc) is 1.64. The van der Waals surface area contributed by atoms with Gasteiger partial charge in [0.25, 0.3) is 0 Å². The van der Waals surface area contributed by atoms with E-state index in [4.69, 9.17) is 0 Å².